The Morgan fingerprint density at radius 3 is 2.60 bits per heavy atom. The Morgan fingerprint density at radius 1 is 1.60 bits per heavy atom. The summed E-state index contributed by atoms with van der Waals surface area (Å²) in [7, 11) is 0.811. The van der Waals surface area contributed by atoms with E-state index in [0.29, 0.717) is 6.32 Å². The van der Waals surface area contributed by atoms with Crippen LogP contribution in [0.2, 0.25) is 6.32 Å². The molecule has 8 heteroatoms. The van der Waals surface area contributed by atoms with E-state index in [0.717, 1.165) is 0 Å². The first-order chi connectivity index (χ1) is 7.01. The molecule has 0 saturated heterocycles. The molecule has 3 N–H and O–H groups in total. The van der Waals surface area contributed by atoms with Gasteiger partial charge in [0.05, 0.1) is 18.8 Å². The highest BCUT2D eigenvalue weighted by Crippen LogP contribution is 2.27. The highest BCUT2D eigenvalue weighted by Gasteiger charge is 2.21. The summed E-state index contributed by atoms with van der Waals surface area (Å²) in [6, 6.07) is -0.383. The smallest absolute Gasteiger partial charge is 0.327 e. The van der Waals surface area contributed by atoms with Gasteiger partial charge in [-0.2, -0.15) is 0 Å². The van der Waals surface area contributed by atoms with Crippen LogP contribution in [0, 0.1) is 0 Å². The highest BCUT2D eigenvalue weighted by molar-refractivity contribution is 7.39. The third-order valence-corrected chi connectivity index (χ3v) is 2.36. The van der Waals surface area contributed by atoms with Gasteiger partial charge >= 0.3 is 8.60 Å². The van der Waals surface area contributed by atoms with Gasteiger partial charge in [-0.3, -0.25) is 4.79 Å². The summed E-state index contributed by atoms with van der Waals surface area (Å²) in [5.41, 5.74) is 0. The molecule has 2 atom stereocenters. The van der Waals surface area contributed by atoms with Gasteiger partial charge in [0.25, 0.3) is 0 Å². The van der Waals surface area contributed by atoms with Crippen molar-refractivity contribution in [2.24, 2.45) is 0 Å². The van der Waals surface area contributed by atoms with Crippen LogP contribution in [0.1, 0.15) is 6.92 Å². The Morgan fingerprint density at radius 2 is 2.20 bits per heavy atom. The SMILES string of the molecule is BCC(=O)NC(COC)[C@@H](C)OP(O)O. The molecule has 1 unspecified atom stereocenters. The molecule has 0 aromatic rings. The molecule has 15 heavy (non-hydrogen) atoms. The van der Waals surface area contributed by atoms with E-state index in [-0.39, 0.29) is 18.6 Å². The van der Waals surface area contributed by atoms with Gasteiger partial charge in [-0.25, -0.2) is 0 Å². The molecule has 0 bridgehead atoms. The monoisotopic (exact) mass is 237 g/mol. The summed E-state index contributed by atoms with van der Waals surface area (Å²) in [5.74, 6) is -0.132. The van der Waals surface area contributed by atoms with E-state index in [1.54, 1.807) is 14.8 Å². The van der Waals surface area contributed by atoms with E-state index in [2.05, 4.69) is 5.32 Å². The van der Waals surface area contributed by atoms with Crippen LogP contribution in [0.4, 0.5) is 0 Å². The van der Waals surface area contributed by atoms with Crippen LogP contribution in [0.25, 0.3) is 0 Å². The molecule has 0 rings (SSSR count). The lowest BCUT2D eigenvalue weighted by Gasteiger charge is -2.24. The summed E-state index contributed by atoms with van der Waals surface area (Å²) >= 11 is 0. The molecule has 0 aliphatic heterocycles. The topological polar surface area (TPSA) is 88.0 Å². The molecular weight excluding hydrogens is 220 g/mol. The van der Waals surface area contributed by atoms with Gasteiger partial charge in [0.1, 0.15) is 7.85 Å². The maximum absolute atomic E-state index is 11.1. The van der Waals surface area contributed by atoms with Crippen LogP contribution < -0.4 is 5.32 Å². The molecule has 0 aromatic heterocycles. The molecule has 0 heterocycles. The zero-order valence-electron chi connectivity index (χ0n) is 9.14. The summed E-state index contributed by atoms with van der Waals surface area (Å²) in [5, 5.41) is 2.67. The Bertz CT molecular complexity index is 194. The van der Waals surface area contributed by atoms with Crippen LogP contribution in [0.5, 0.6) is 0 Å². The van der Waals surface area contributed by atoms with Crippen molar-refractivity contribution in [2.75, 3.05) is 13.7 Å². The van der Waals surface area contributed by atoms with E-state index < -0.39 is 14.7 Å². The second-order valence-electron chi connectivity index (χ2n) is 3.05. The number of carbonyl (C=O) groups is 1. The molecule has 0 aliphatic rings. The van der Waals surface area contributed by atoms with E-state index in [9.17, 15) is 4.79 Å². The fourth-order valence-corrected chi connectivity index (χ4v) is 1.45. The first-order valence-electron chi connectivity index (χ1n) is 4.64. The number of methoxy groups -OCH3 is 1. The Labute approximate surface area is 91.4 Å². The third kappa shape index (κ3) is 6.81. The van der Waals surface area contributed by atoms with Crippen LogP contribution in [0.3, 0.4) is 0 Å². The molecule has 88 valence electrons. The lowest BCUT2D eigenvalue weighted by atomic mass is 10.0. The summed E-state index contributed by atoms with van der Waals surface area (Å²) in [6.07, 6.45) is -0.151. The van der Waals surface area contributed by atoms with Gasteiger partial charge in [-0.15, -0.1) is 0 Å². The molecule has 1 amide bonds. The number of carbonyl (C=O) groups excluding carboxylic acids is 1. The third-order valence-electron chi connectivity index (χ3n) is 1.84. The van der Waals surface area contributed by atoms with E-state index in [4.69, 9.17) is 19.0 Å². The number of amides is 1. The second-order valence-corrected chi connectivity index (χ2v) is 3.76. The fourth-order valence-electron chi connectivity index (χ4n) is 1.01. The lowest BCUT2D eigenvalue weighted by Crippen LogP contribution is -2.45. The minimum absolute atomic E-state index is 0.132. The van der Waals surface area contributed by atoms with Crippen molar-refractivity contribution in [3.63, 3.8) is 0 Å². The van der Waals surface area contributed by atoms with Crippen LogP contribution >= 0.6 is 8.60 Å². The second kappa shape index (κ2) is 8.02. The maximum Gasteiger partial charge on any atom is 0.327 e. The number of rotatable bonds is 7. The molecule has 0 fully saturated rings. The standard InChI is InChI=1S/C7H17BNO5P/c1-5(14-15(11)12)6(4-13-2)9-7(10)3-8/h5-6,11-12H,3-4,8H2,1-2H3,(H,9,10)/t5-,6?/m1/s1. The van der Waals surface area contributed by atoms with Crippen molar-refractivity contribution in [3.8, 4) is 0 Å². The first-order valence-corrected chi connectivity index (χ1v) is 5.80. The summed E-state index contributed by atoms with van der Waals surface area (Å²) in [6.45, 7) is 1.90. The molecule has 0 spiro atoms. The Kier molecular flexibility index (Phi) is 7.91. The van der Waals surface area contributed by atoms with Crippen LogP contribution in [-0.2, 0) is 14.1 Å². The normalized spacial score (nSPS) is 15.0. The van der Waals surface area contributed by atoms with Crippen molar-refractivity contribution < 1.29 is 23.8 Å². The van der Waals surface area contributed by atoms with Gasteiger partial charge in [-0.05, 0) is 13.2 Å². The van der Waals surface area contributed by atoms with Gasteiger partial charge in [0, 0.05) is 7.11 Å². The maximum atomic E-state index is 11.1. The zero-order chi connectivity index (χ0) is 11.8. The first kappa shape index (κ1) is 14.8. The molecule has 6 nitrogen and oxygen atoms in total. The number of nitrogens with one attached hydrogen (secondary N) is 1. The van der Waals surface area contributed by atoms with Gasteiger partial charge in [0.2, 0.25) is 5.91 Å². The zero-order valence-corrected chi connectivity index (χ0v) is 10.0. The fraction of sp³-hybridized carbons (Fsp3) is 0.857. The molecular formula is C7H17BNO5P. The van der Waals surface area contributed by atoms with Gasteiger partial charge in [0.15, 0.2) is 0 Å². The van der Waals surface area contributed by atoms with Gasteiger partial charge < -0.3 is 24.4 Å². The number of ether oxygens (including phenoxy) is 1. The van der Waals surface area contributed by atoms with Crippen molar-refractivity contribution >= 4 is 22.4 Å². The minimum Gasteiger partial charge on any atom is -0.382 e. The van der Waals surface area contributed by atoms with Crippen molar-refractivity contribution in [1.29, 1.82) is 0 Å². The van der Waals surface area contributed by atoms with E-state index in [1.807, 2.05) is 0 Å². The molecule has 0 aliphatic carbocycles. The quantitative estimate of drug-likeness (QED) is 0.381. The molecule has 0 aromatic carbocycles. The van der Waals surface area contributed by atoms with Crippen molar-refractivity contribution in [3.05, 3.63) is 0 Å². The van der Waals surface area contributed by atoms with E-state index in [1.165, 1.54) is 7.11 Å². The largest absolute Gasteiger partial charge is 0.382 e. The summed E-state index contributed by atoms with van der Waals surface area (Å²) < 4.78 is 9.69. The molecule has 0 radical (unpaired) electrons. The van der Waals surface area contributed by atoms with Gasteiger partial charge in [-0.1, -0.05) is 0 Å². The lowest BCUT2D eigenvalue weighted by molar-refractivity contribution is -0.120. The summed E-state index contributed by atoms with van der Waals surface area (Å²) in [4.78, 5) is 28.5. The Balaban J connectivity index is 4.17. The minimum atomic E-state index is -2.42. The number of hydrogen-bond donors (Lipinski definition) is 3. The Hall–Kier alpha value is -0.195. The average molecular weight is 237 g/mol. The molecule has 0 saturated carbocycles. The predicted molar refractivity (Wildman–Crippen MR) is 59.1 cm³/mol. The van der Waals surface area contributed by atoms with Crippen LogP contribution in [0.15, 0.2) is 0 Å². The van der Waals surface area contributed by atoms with E-state index >= 15 is 0 Å². The predicted octanol–water partition coefficient (Wildman–Crippen LogP) is -1.21. The van der Waals surface area contributed by atoms with Crippen molar-refractivity contribution in [2.45, 2.75) is 25.4 Å². The highest BCUT2D eigenvalue weighted by atomic mass is 31.2. The number of hydrogen-bond acceptors (Lipinski definition) is 5. The van der Waals surface area contributed by atoms with Crippen molar-refractivity contribution in [1.82, 2.24) is 5.32 Å². The average Bonchev–Trinajstić information content (AvgIpc) is 2.15. The van der Waals surface area contributed by atoms with Crippen LogP contribution in [-0.4, -0.2) is 49.4 Å².